The highest BCUT2D eigenvalue weighted by atomic mass is 35.5. The Morgan fingerprint density at radius 1 is 1.20 bits per heavy atom. The lowest BCUT2D eigenvalue weighted by atomic mass is 10.2. The van der Waals surface area contributed by atoms with E-state index in [0.29, 0.717) is 17.3 Å². The highest BCUT2D eigenvalue weighted by Gasteiger charge is 2.06. The number of nitrogens with zero attached hydrogens (tertiary/aromatic N) is 1. The van der Waals surface area contributed by atoms with E-state index in [1.165, 1.54) is 6.08 Å². The van der Waals surface area contributed by atoms with Gasteiger partial charge < -0.3 is 4.90 Å². The van der Waals surface area contributed by atoms with Crippen LogP contribution in [0.25, 0.3) is 6.08 Å². The maximum Gasteiger partial charge on any atom is 0.246 e. The Labute approximate surface area is 153 Å². The lowest BCUT2D eigenvalue weighted by molar-refractivity contribution is -0.125. The minimum atomic E-state index is -3.30. The SMILES string of the molecule is CN(Cc1cccc(Cl)c1)C(=O)/C=C/c1ccc(NS(C)(=O)=O)cc1. The van der Waals surface area contributed by atoms with Crippen LogP contribution in [-0.4, -0.2) is 32.5 Å². The molecule has 2 rings (SSSR count). The van der Waals surface area contributed by atoms with Crippen LogP contribution >= 0.6 is 11.6 Å². The monoisotopic (exact) mass is 378 g/mol. The number of hydrogen-bond donors (Lipinski definition) is 1. The third kappa shape index (κ3) is 6.60. The van der Waals surface area contributed by atoms with Crippen molar-refractivity contribution in [3.05, 3.63) is 70.8 Å². The first kappa shape index (κ1) is 19.0. The second-order valence-corrected chi connectivity index (χ2v) is 7.84. The highest BCUT2D eigenvalue weighted by Crippen LogP contribution is 2.14. The number of sulfonamides is 1. The summed E-state index contributed by atoms with van der Waals surface area (Å²) in [7, 11) is -1.58. The van der Waals surface area contributed by atoms with E-state index >= 15 is 0 Å². The van der Waals surface area contributed by atoms with Crippen LogP contribution in [0.3, 0.4) is 0 Å². The summed E-state index contributed by atoms with van der Waals surface area (Å²) in [4.78, 5) is 13.8. The van der Waals surface area contributed by atoms with E-state index in [2.05, 4.69) is 4.72 Å². The highest BCUT2D eigenvalue weighted by molar-refractivity contribution is 7.92. The molecule has 0 atom stereocenters. The molecule has 0 unspecified atom stereocenters. The van der Waals surface area contributed by atoms with Gasteiger partial charge in [-0.1, -0.05) is 35.9 Å². The molecule has 0 heterocycles. The fourth-order valence-corrected chi connectivity index (χ4v) is 2.94. The van der Waals surface area contributed by atoms with Crippen LogP contribution in [0, 0.1) is 0 Å². The number of carbonyl (C=O) groups excluding carboxylic acids is 1. The summed E-state index contributed by atoms with van der Waals surface area (Å²) in [5.41, 5.74) is 2.22. The Hall–Kier alpha value is -2.31. The molecule has 1 N–H and O–H groups in total. The van der Waals surface area contributed by atoms with Gasteiger partial charge in [0.05, 0.1) is 6.26 Å². The van der Waals surface area contributed by atoms with Crippen molar-refractivity contribution in [3.63, 3.8) is 0 Å². The zero-order chi connectivity index (χ0) is 18.4. The summed E-state index contributed by atoms with van der Waals surface area (Å²) in [6.45, 7) is 0.459. The molecule has 5 nitrogen and oxygen atoms in total. The van der Waals surface area contributed by atoms with Gasteiger partial charge in [-0.15, -0.1) is 0 Å². The molecule has 132 valence electrons. The van der Waals surface area contributed by atoms with Crippen molar-refractivity contribution in [2.75, 3.05) is 18.0 Å². The van der Waals surface area contributed by atoms with Crippen LogP contribution in [0.1, 0.15) is 11.1 Å². The summed E-state index contributed by atoms with van der Waals surface area (Å²) in [6.07, 6.45) is 4.25. The number of rotatable bonds is 6. The van der Waals surface area contributed by atoms with Gasteiger partial charge in [0.15, 0.2) is 0 Å². The number of amides is 1. The number of hydrogen-bond acceptors (Lipinski definition) is 3. The van der Waals surface area contributed by atoms with Crippen molar-refractivity contribution in [3.8, 4) is 0 Å². The summed E-state index contributed by atoms with van der Waals surface area (Å²) in [5.74, 6) is -0.140. The zero-order valence-corrected chi connectivity index (χ0v) is 15.5. The van der Waals surface area contributed by atoms with Gasteiger partial charge in [-0.3, -0.25) is 9.52 Å². The maximum atomic E-state index is 12.2. The van der Waals surface area contributed by atoms with Gasteiger partial charge in [-0.05, 0) is 41.5 Å². The Balaban J connectivity index is 1.97. The third-order valence-corrected chi connectivity index (χ3v) is 4.16. The number of carbonyl (C=O) groups is 1. The number of benzene rings is 2. The number of anilines is 1. The van der Waals surface area contributed by atoms with Crippen molar-refractivity contribution in [1.82, 2.24) is 4.90 Å². The van der Waals surface area contributed by atoms with Crippen LogP contribution in [0.5, 0.6) is 0 Å². The molecule has 7 heteroatoms. The van der Waals surface area contributed by atoms with Gasteiger partial charge in [-0.2, -0.15) is 0 Å². The number of nitrogens with one attached hydrogen (secondary N) is 1. The average Bonchev–Trinajstić information content (AvgIpc) is 2.52. The third-order valence-electron chi connectivity index (χ3n) is 3.32. The molecule has 25 heavy (non-hydrogen) atoms. The average molecular weight is 379 g/mol. The molecular formula is C18H19ClN2O3S. The normalized spacial score (nSPS) is 11.5. The predicted molar refractivity (Wildman–Crippen MR) is 102 cm³/mol. The second kappa shape index (κ2) is 8.18. The minimum Gasteiger partial charge on any atom is -0.338 e. The second-order valence-electron chi connectivity index (χ2n) is 5.65. The molecule has 0 saturated heterocycles. The fourth-order valence-electron chi connectivity index (χ4n) is 2.16. The van der Waals surface area contributed by atoms with Gasteiger partial charge >= 0.3 is 0 Å². The van der Waals surface area contributed by atoms with Crippen molar-refractivity contribution < 1.29 is 13.2 Å². The summed E-state index contributed by atoms with van der Waals surface area (Å²) >= 11 is 5.94. The summed E-state index contributed by atoms with van der Waals surface area (Å²) in [6, 6.07) is 14.1. The van der Waals surface area contributed by atoms with E-state index in [0.717, 1.165) is 17.4 Å². The van der Waals surface area contributed by atoms with Crippen LogP contribution in [0.2, 0.25) is 5.02 Å². The van der Waals surface area contributed by atoms with Gasteiger partial charge in [-0.25, -0.2) is 8.42 Å². The smallest absolute Gasteiger partial charge is 0.246 e. The molecule has 0 saturated carbocycles. The molecule has 0 aromatic heterocycles. The Morgan fingerprint density at radius 2 is 1.88 bits per heavy atom. The van der Waals surface area contributed by atoms with E-state index in [-0.39, 0.29) is 5.91 Å². The molecule has 2 aromatic carbocycles. The molecule has 0 radical (unpaired) electrons. The number of likely N-dealkylation sites (N-methyl/N-ethyl adjacent to an activating group) is 1. The Morgan fingerprint density at radius 3 is 2.48 bits per heavy atom. The van der Waals surface area contributed by atoms with Crippen LogP contribution in [0.4, 0.5) is 5.69 Å². The maximum absolute atomic E-state index is 12.2. The van der Waals surface area contributed by atoms with E-state index in [1.54, 1.807) is 48.4 Å². The molecular weight excluding hydrogens is 360 g/mol. The topological polar surface area (TPSA) is 66.5 Å². The Kier molecular flexibility index (Phi) is 6.22. The van der Waals surface area contributed by atoms with Crippen LogP contribution < -0.4 is 4.72 Å². The lowest BCUT2D eigenvalue weighted by Gasteiger charge is -2.15. The Bertz CT molecular complexity index is 877. The first-order valence-corrected chi connectivity index (χ1v) is 9.75. The van der Waals surface area contributed by atoms with Crippen LogP contribution in [-0.2, 0) is 21.4 Å². The molecule has 0 bridgehead atoms. The molecule has 0 aliphatic carbocycles. The van der Waals surface area contributed by atoms with Crippen molar-refractivity contribution in [2.45, 2.75) is 6.54 Å². The molecule has 0 spiro atoms. The summed E-state index contributed by atoms with van der Waals surface area (Å²) < 4.78 is 24.7. The molecule has 0 aliphatic heterocycles. The lowest BCUT2D eigenvalue weighted by Crippen LogP contribution is -2.24. The van der Waals surface area contributed by atoms with Gasteiger partial charge in [0.1, 0.15) is 0 Å². The largest absolute Gasteiger partial charge is 0.338 e. The minimum absolute atomic E-state index is 0.140. The van der Waals surface area contributed by atoms with Crippen molar-refractivity contribution >= 4 is 39.3 Å². The van der Waals surface area contributed by atoms with E-state index in [1.807, 2.05) is 18.2 Å². The van der Waals surface area contributed by atoms with E-state index in [4.69, 9.17) is 11.6 Å². The molecule has 0 aliphatic rings. The first-order chi connectivity index (χ1) is 11.7. The zero-order valence-electron chi connectivity index (χ0n) is 13.9. The summed E-state index contributed by atoms with van der Waals surface area (Å²) in [5, 5.41) is 0.636. The van der Waals surface area contributed by atoms with Gasteiger partial charge in [0.2, 0.25) is 15.9 Å². The predicted octanol–water partition coefficient (Wildman–Crippen LogP) is 3.38. The fraction of sp³-hybridized carbons (Fsp3) is 0.167. The van der Waals surface area contributed by atoms with E-state index in [9.17, 15) is 13.2 Å². The van der Waals surface area contributed by atoms with Gasteiger partial charge in [0, 0.05) is 30.4 Å². The molecule has 1 amide bonds. The van der Waals surface area contributed by atoms with Crippen molar-refractivity contribution in [2.24, 2.45) is 0 Å². The first-order valence-electron chi connectivity index (χ1n) is 7.48. The van der Waals surface area contributed by atoms with Gasteiger partial charge in [0.25, 0.3) is 0 Å². The quantitative estimate of drug-likeness (QED) is 0.783. The molecule has 2 aromatic rings. The number of halogens is 1. The van der Waals surface area contributed by atoms with Crippen LogP contribution in [0.15, 0.2) is 54.6 Å². The standard InChI is InChI=1S/C18H19ClN2O3S/c1-21(13-15-4-3-5-16(19)12-15)18(22)11-8-14-6-9-17(10-7-14)20-25(2,23)24/h3-12,20H,13H2,1-2H3/b11-8+. The van der Waals surface area contributed by atoms with E-state index < -0.39 is 10.0 Å². The molecule has 0 fully saturated rings. The van der Waals surface area contributed by atoms with Crippen molar-refractivity contribution in [1.29, 1.82) is 0 Å².